The number of aryl methyl sites for hydroxylation is 4. The number of aliphatic hydroxyl groups excluding tert-OH is 4. The Morgan fingerprint density at radius 1 is 0.462 bits per heavy atom. The Labute approximate surface area is 895 Å². The van der Waals surface area contributed by atoms with E-state index in [0.29, 0.717) is 141 Å². The van der Waals surface area contributed by atoms with Crippen molar-refractivity contribution in [3.63, 3.8) is 0 Å². The van der Waals surface area contributed by atoms with Crippen LogP contribution in [0.25, 0.3) is 33.5 Å². The van der Waals surface area contributed by atoms with Gasteiger partial charge in [-0.3, -0.25) is 23.6 Å². The van der Waals surface area contributed by atoms with Gasteiger partial charge in [0.1, 0.15) is 57.2 Å². The maximum atomic E-state index is 15.3. The summed E-state index contributed by atoms with van der Waals surface area (Å²) < 4.78 is 208. The third kappa shape index (κ3) is 24.0. The summed E-state index contributed by atoms with van der Waals surface area (Å²) in [5.74, 6) is -1.68. The van der Waals surface area contributed by atoms with Crippen LogP contribution < -0.4 is 23.6 Å². The molecule has 0 bridgehead atoms. The van der Waals surface area contributed by atoms with Crippen LogP contribution in [0.2, 0.25) is 15.2 Å². The van der Waals surface area contributed by atoms with Crippen LogP contribution in [0.4, 0.5) is 46.1 Å². The number of nitrogens with zero attached hydrogens (tertiary/aromatic N) is 11. The number of anilines is 5. The van der Waals surface area contributed by atoms with Crippen molar-refractivity contribution in [2.45, 2.75) is 174 Å². The summed E-state index contributed by atoms with van der Waals surface area (Å²) in [6, 6.07) is 28.9. The Kier molecular flexibility index (Phi) is 32.7. The minimum absolute atomic E-state index is 0.0355. The molecule has 5 aliphatic rings. The van der Waals surface area contributed by atoms with Gasteiger partial charge in [0.25, 0.3) is 0 Å². The summed E-state index contributed by atoms with van der Waals surface area (Å²) in [4.78, 5) is 25.6. The van der Waals surface area contributed by atoms with E-state index in [-0.39, 0.29) is 108 Å². The lowest BCUT2D eigenvalue weighted by Crippen LogP contribution is -2.34. The molecule has 5 saturated carbocycles. The van der Waals surface area contributed by atoms with E-state index < -0.39 is 94.0 Å². The van der Waals surface area contributed by atoms with Crippen LogP contribution in [0.1, 0.15) is 161 Å². The van der Waals surface area contributed by atoms with E-state index in [1.165, 1.54) is 41.3 Å². The van der Waals surface area contributed by atoms with Gasteiger partial charge in [0.15, 0.2) is 11.5 Å². The number of pyridine rings is 3. The van der Waals surface area contributed by atoms with Crippen molar-refractivity contribution < 1.29 is 80.1 Å². The first-order valence-corrected chi connectivity index (χ1v) is 58.4. The molecule has 0 radical (unpaired) electrons. The van der Waals surface area contributed by atoms with Gasteiger partial charge in [-0.25, -0.2) is 94.1 Å². The molecule has 9 heterocycles. The van der Waals surface area contributed by atoms with Crippen LogP contribution in [0.5, 0.6) is 0 Å². The molecule has 5 fully saturated rings. The van der Waals surface area contributed by atoms with Gasteiger partial charge in [-0.1, -0.05) is 97.0 Å². The molecule has 30 nitrogen and oxygen atoms in total. The molecule has 0 spiro atoms. The summed E-state index contributed by atoms with van der Waals surface area (Å²) in [6.45, 7) is 6.48. The minimum atomic E-state index is -3.86. The third-order valence-corrected chi connectivity index (χ3v) is 40.5. The van der Waals surface area contributed by atoms with Crippen molar-refractivity contribution in [2.24, 2.45) is 0 Å². The summed E-state index contributed by atoms with van der Waals surface area (Å²) in [6.07, 6.45) is 24.0. The highest BCUT2D eigenvalue weighted by atomic mass is 127. The molecular weight excluding hydrogens is 2480 g/mol. The maximum Gasteiger partial charge on any atom is 0.239 e. The topological polar surface area (TPSA) is 420 Å². The highest BCUT2D eigenvalue weighted by molar-refractivity contribution is 14.1. The second kappa shape index (κ2) is 43.5. The Morgan fingerprint density at radius 3 is 1.24 bits per heavy atom. The van der Waals surface area contributed by atoms with Gasteiger partial charge >= 0.3 is 0 Å². The lowest BCUT2D eigenvalue weighted by atomic mass is 9.99. The molecule has 15 aromatic rings. The van der Waals surface area contributed by atoms with Crippen LogP contribution in [-0.2, 0) is 82.2 Å². The number of sulfonamides is 5. The Bertz CT molecular complexity index is 7930. The molecule has 0 amide bonds. The highest BCUT2D eigenvalue weighted by Gasteiger charge is 2.57. The van der Waals surface area contributed by atoms with E-state index in [0.717, 1.165) is 71.5 Å². The largest absolute Gasteiger partial charge is 0.396 e. The maximum absolute atomic E-state index is 15.3. The van der Waals surface area contributed by atoms with E-state index >= 15 is 4.39 Å². The number of halogens is 12. The molecule has 0 aliphatic heterocycles. The van der Waals surface area contributed by atoms with Crippen LogP contribution in [0, 0.1) is 61.7 Å². The fourth-order valence-corrected chi connectivity index (χ4v) is 28.0. The van der Waals surface area contributed by atoms with Crippen molar-refractivity contribution in [1.82, 2.24) is 52.7 Å². The van der Waals surface area contributed by atoms with E-state index in [2.05, 4.69) is 113 Å². The molecule has 1 unspecified atom stereocenters. The van der Waals surface area contributed by atoms with Crippen molar-refractivity contribution >= 4 is 247 Å². The normalized spacial score (nSPS) is 15.4. The molecule has 9 N–H and O–H groups in total. The number of nitrogens with one attached hydrogen (secondary N) is 5. The second-order valence-electron chi connectivity index (χ2n) is 35.9. The summed E-state index contributed by atoms with van der Waals surface area (Å²) in [7, 11) is -18.3. The Hall–Kier alpha value is -8.32. The van der Waals surface area contributed by atoms with E-state index in [4.69, 9.17) is 39.9 Å². The molecule has 143 heavy (non-hydrogen) atoms. The number of hydrogen-bond donors (Lipinski definition) is 9. The minimum Gasteiger partial charge on any atom is -0.396 e. The average molecular weight is 2580 g/mol. The average Bonchev–Trinajstić information content (AvgIpc) is 1.40. The van der Waals surface area contributed by atoms with Gasteiger partial charge in [-0.2, -0.15) is 5.10 Å². The fraction of sp³-hybridized carbons (Fsp3) is 0.323. The molecule has 6 aromatic carbocycles. The predicted molar refractivity (Wildman–Crippen MR) is 577 cm³/mol. The van der Waals surface area contributed by atoms with E-state index in [9.17, 15) is 70.6 Å². The molecule has 5 aliphatic carbocycles. The van der Waals surface area contributed by atoms with Crippen molar-refractivity contribution in [3.05, 3.63) is 308 Å². The number of rotatable bonds is 32. The molecular formula is C96H94Br2Cl3F4I3N16O14S5. The molecule has 9 aromatic heterocycles. The molecule has 756 valence electrons. The first-order chi connectivity index (χ1) is 67.8. The lowest BCUT2D eigenvalue weighted by Gasteiger charge is -2.22. The zero-order valence-corrected chi connectivity index (χ0v) is 92.6. The number of imidazole rings is 3. The zero-order chi connectivity index (χ0) is 103. The molecule has 47 heteroatoms. The summed E-state index contributed by atoms with van der Waals surface area (Å²) in [5.41, 5.74) is 12.8. The standard InChI is InChI=1S/C21H23FIN3O4S.C20H21FIN3O3S.C19H16F2IN3O2S.C18H17BrCl2N4O3S.C18H17BrClN3O2S/c1-13-17(8-14-2-3-15(23)9-18(14)22)19(11-26-7-6-24-20(13)26)25-31(29,30)21(4-5-21)10-16(28)12-27;1-13-16(10-14-2-3-15(22)11-17(14)21)18(12-25-8-7-23-19(13)25)24-29(27,28)20(4-5-20)6-9-26;1-10-14-8-17(25-28(26,27)13-4-5-13)15(18(21)19(14)24-9-23-10)6-11-2-3-12(22)7-16(11)20;19-12-2-1-11(14(20)10-12)9-13-16(21)25-15(3-7-22-25)23-17(13)24-29(27,28)18(4-5-18)6-8-26;1-11-15(8-12-2-3-13(19)9-16(12)20)17(10-23-7-6-21-18(11)23)22-26(24,25)14-4-5-14/h2-3,6-7,9,11,16,25,27-28H,4-5,8,10,12H2,1H3;2-3,7-8,11-12,24,26H,4-6,9-10H2,1H3;2-3,7-9,13,25H,4-6H2,1H3;1-3,7,10,26H,4-6,8-9H2,(H,23,24);2-3,6-7,9-10,14,22H,4-5,8H2,1H3. The van der Waals surface area contributed by atoms with Gasteiger partial charge in [0.2, 0.25) is 50.1 Å². The quantitative estimate of drug-likeness (QED) is 0.0107. The van der Waals surface area contributed by atoms with Crippen molar-refractivity contribution in [1.29, 1.82) is 0 Å². The molecule has 20 rings (SSSR count). The number of fused-ring (bicyclic) bond motifs is 5. The molecule has 0 saturated heterocycles. The second-order valence-corrected chi connectivity index (χ2v) is 52.8. The third-order valence-electron chi connectivity index (χ3n) is 26.0. The van der Waals surface area contributed by atoms with Gasteiger partial charge in [-0.15, -0.1) is 0 Å². The number of benzene rings is 6. The summed E-state index contributed by atoms with van der Waals surface area (Å²) >= 11 is 32.2. The smallest absolute Gasteiger partial charge is 0.239 e. The van der Waals surface area contributed by atoms with E-state index in [1.54, 1.807) is 102 Å². The SMILES string of the molecule is Cc1c(Cc2ccc(Br)cc2Cl)c(NS(=O)(=O)C2CC2)cn2ccnc12.Cc1c(Cc2ccc(I)cc2F)c(NS(=O)(=O)C2(CC(O)CO)CC2)cn2ccnc12.Cc1c(Cc2ccc(I)cc2F)c(NS(=O)(=O)C2(CCO)CC2)cn2ccnc12.Cc1ncnc2c(F)c(Cc3ccc(I)cc3F)c(NS(=O)(=O)C3CC3)cc12.O=S(=O)(Nc1nc2ccnn2c(Cl)c1Cc1ccc(Br)cc1Cl)C1(CCO)CC1. The van der Waals surface area contributed by atoms with Crippen LogP contribution >= 0.6 is 134 Å². The number of aromatic nitrogens is 11. The zero-order valence-electron chi connectivity index (χ0n) is 76.6. The van der Waals surface area contributed by atoms with Crippen LogP contribution in [-0.4, -0.2) is 166 Å². The van der Waals surface area contributed by atoms with Crippen LogP contribution in [0.15, 0.2) is 180 Å². The summed E-state index contributed by atoms with van der Waals surface area (Å²) in [5, 5.41) is 42.8. The predicted octanol–water partition coefficient (Wildman–Crippen LogP) is 19.5. The Balaban J connectivity index is 0.000000128. The lowest BCUT2D eigenvalue weighted by molar-refractivity contribution is 0.0858. The van der Waals surface area contributed by atoms with Gasteiger partial charge in [0, 0.05) is 159 Å². The number of aliphatic hydroxyl groups is 4. The van der Waals surface area contributed by atoms with Gasteiger partial charge in [0.05, 0.1) is 66.4 Å². The first kappa shape index (κ1) is 107. The van der Waals surface area contributed by atoms with Crippen molar-refractivity contribution in [3.8, 4) is 0 Å². The van der Waals surface area contributed by atoms with Gasteiger partial charge in [-0.05, 0) is 307 Å². The monoisotopic (exact) mass is 2570 g/mol. The van der Waals surface area contributed by atoms with Crippen LogP contribution in [0.3, 0.4) is 0 Å². The Morgan fingerprint density at radius 2 is 0.846 bits per heavy atom. The van der Waals surface area contributed by atoms with Gasteiger partial charge < -0.3 is 33.6 Å². The van der Waals surface area contributed by atoms with Crippen molar-refractivity contribution in [2.75, 3.05) is 43.4 Å². The molecule has 1 atom stereocenters. The number of hydrogen-bond acceptors (Lipinski definition) is 21. The highest BCUT2D eigenvalue weighted by Crippen LogP contribution is 2.51. The first-order valence-electron chi connectivity index (χ1n) is 44.9. The fourth-order valence-electron chi connectivity index (χ4n) is 17.0. The van der Waals surface area contributed by atoms with E-state index in [1.807, 2.05) is 119 Å².